The number of rotatable bonds is 4. The lowest BCUT2D eigenvalue weighted by Crippen LogP contribution is -2.23. The SMILES string of the molecule is Cc1ccsc1C(CC1CCNC1)N(C)C. The predicted octanol–water partition coefficient (Wildman–Crippen LogP) is 2.66. The molecule has 2 unspecified atom stereocenters. The zero-order valence-electron chi connectivity index (χ0n) is 10.5. The standard InChI is InChI=1S/C13H22N2S/c1-10-5-7-16-13(10)12(15(2)3)8-11-4-6-14-9-11/h5,7,11-12,14H,4,6,8-9H2,1-3H3. The number of hydrogen-bond donors (Lipinski definition) is 1. The van der Waals surface area contributed by atoms with E-state index in [0.29, 0.717) is 6.04 Å². The molecule has 1 aromatic rings. The Kier molecular flexibility index (Phi) is 4.00. The average molecular weight is 238 g/mol. The minimum absolute atomic E-state index is 0.602. The first kappa shape index (κ1) is 12.1. The van der Waals surface area contributed by atoms with E-state index in [1.807, 2.05) is 11.3 Å². The van der Waals surface area contributed by atoms with E-state index >= 15 is 0 Å². The van der Waals surface area contributed by atoms with E-state index in [0.717, 1.165) is 5.92 Å². The fourth-order valence-corrected chi connectivity index (χ4v) is 3.65. The molecule has 1 N–H and O–H groups in total. The predicted molar refractivity (Wildman–Crippen MR) is 71.1 cm³/mol. The van der Waals surface area contributed by atoms with Gasteiger partial charge >= 0.3 is 0 Å². The summed E-state index contributed by atoms with van der Waals surface area (Å²) in [7, 11) is 4.40. The van der Waals surface area contributed by atoms with Crippen molar-refractivity contribution in [1.82, 2.24) is 10.2 Å². The van der Waals surface area contributed by atoms with Gasteiger partial charge in [-0.05, 0) is 69.9 Å². The maximum atomic E-state index is 3.46. The lowest BCUT2D eigenvalue weighted by molar-refractivity contribution is 0.256. The summed E-state index contributed by atoms with van der Waals surface area (Å²) in [6, 6.07) is 2.84. The summed E-state index contributed by atoms with van der Waals surface area (Å²) in [6.45, 7) is 4.64. The first-order chi connectivity index (χ1) is 7.68. The molecule has 0 aliphatic carbocycles. The van der Waals surface area contributed by atoms with Gasteiger partial charge in [0.1, 0.15) is 0 Å². The molecule has 1 aliphatic rings. The molecule has 2 rings (SSSR count). The van der Waals surface area contributed by atoms with Gasteiger partial charge in [-0.1, -0.05) is 0 Å². The van der Waals surface area contributed by atoms with Crippen molar-refractivity contribution in [1.29, 1.82) is 0 Å². The summed E-state index contributed by atoms with van der Waals surface area (Å²) in [6.07, 6.45) is 2.64. The minimum atomic E-state index is 0.602. The van der Waals surface area contributed by atoms with Crippen LogP contribution in [-0.2, 0) is 0 Å². The van der Waals surface area contributed by atoms with Crippen LogP contribution < -0.4 is 5.32 Å². The molecule has 2 heterocycles. The molecule has 1 aliphatic heterocycles. The Hall–Kier alpha value is -0.380. The van der Waals surface area contributed by atoms with E-state index in [1.165, 1.54) is 31.5 Å². The maximum Gasteiger partial charge on any atom is 0.0441 e. The van der Waals surface area contributed by atoms with Crippen molar-refractivity contribution in [3.63, 3.8) is 0 Å². The maximum absolute atomic E-state index is 3.46. The lowest BCUT2D eigenvalue weighted by atomic mass is 9.96. The summed E-state index contributed by atoms with van der Waals surface area (Å²) in [5.74, 6) is 0.855. The van der Waals surface area contributed by atoms with Crippen LogP contribution in [0.3, 0.4) is 0 Å². The van der Waals surface area contributed by atoms with Gasteiger partial charge in [-0.15, -0.1) is 11.3 Å². The molecule has 3 heteroatoms. The van der Waals surface area contributed by atoms with Crippen LogP contribution in [-0.4, -0.2) is 32.1 Å². The van der Waals surface area contributed by atoms with Crippen LogP contribution in [0.5, 0.6) is 0 Å². The molecule has 2 nitrogen and oxygen atoms in total. The first-order valence-corrected chi connectivity index (χ1v) is 6.97. The van der Waals surface area contributed by atoms with E-state index in [1.54, 1.807) is 4.88 Å². The fraction of sp³-hybridized carbons (Fsp3) is 0.692. The van der Waals surface area contributed by atoms with Gasteiger partial charge in [0.05, 0.1) is 0 Å². The van der Waals surface area contributed by atoms with Crippen molar-refractivity contribution in [3.8, 4) is 0 Å². The topological polar surface area (TPSA) is 15.3 Å². The van der Waals surface area contributed by atoms with Crippen LogP contribution in [0.15, 0.2) is 11.4 Å². The molecular weight excluding hydrogens is 216 g/mol. The number of nitrogens with one attached hydrogen (secondary N) is 1. The molecule has 0 saturated carbocycles. The Morgan fingerprint density at radius 1 is 1.56 bits per heavy atom. The normalized spacial score (nSPS) is 22.9. The van der Waals surface area contributed by atoms with Crippen LogP contribution in [0.25, 0.3) is 0 Å². The first-order valence-electron chi connectivity index (χ1n) is 6.09. The number of hydrogen-bond acceptors (Lipinski definition) is 3. The molecular formula is C13H22N2S. The molecule has 0 bridgehead atoms. The third kappa shape index (κ3) is 2.65. The van der Waals surface area contributed by atoms with Gasteiger partial charge in [0, 0.05) is 10.9 Å². The van der Waals surface area contributed by atoms with Crippen LogP contribution >= 0.6 is 11.3 Å². The monoisotopic (exact) mass is 238 g/mol. The highest BCUT2D eigenvalue weighted by Crippen LogP contribution is 2.33. The second-order valence-electron chi connectivity index (χ2n) is 5.04. The summed E-state index contributed by atoms with van der Waals surface area (Å²) >= 11 is 1.91. The lowest BCUT2D eigenvalue weighted by Gasteiger charge is -2.26. The molecule has 90 valence electrons. The summed E-state index contributed by atoms with van der Waals surface area (Å²) in [5, 5.41) is 5.68. The van der Waals surface area contributed by atoms with Crippen molar-refractivity contribution in [2.75, 3.05) is 27.2 Å². The summed E-state index contributed by atoms with van der Waals surface area (Å²) < 4.78 is 0. The third-order valence-electron chi connectivity index (χ3n) is 3.55. The average Bonchev–Trinajstić information content (AvgIpc) is 2.85. The molecule has 0 radical (unpaired) electrons. The smallest absolute Gasteiger partial charge is 0.0441 e. The van der Waals surface area contributed by atoms with Crippen molar-refractivity contribution in [2.45, 2.75) is 25.8 Å². The molecule has 0 spiro atoms. The summed E-state index contributed by atoms with van der Waals surface area (Å²) in [5.41, 5.74) is 1.45. The summed E-state index contributed by atoms with van der Waals surface area (Å²) in [4.78, 5) is 3.92. The van der Waals surface area contributed by atoms with Crippen LogP contribution in [0.1, 0.15) is 29.3 Å². The van der Waals surface area contributed by atoms with E-state index in [2.05, 4.69) is 42.7 Å². The van der Waals surface area contributed by atoms with Crippen LogP contribution in [0, 0.1) is 12.8 Å². The van der Waals surface area contributed by atoms with Crippen molar-refractivity contribution < 1.29 is 0 Å². The molecule has 2 atom stereocenters. The molecule has 1 aromatic heterocycles. The number of thiophene rings is 1. The van der Waals surface area contributed by atoms with Gasteiger partial charge < -0.3 is 10.2 Å². The van der Waals surface area contributed by atoms with Gasteiger partial charge in [-0.25, -0.2) is 0 Å². The Bertz CT molecular complexity index is 326. The third-order valence-corrected chi connectivity index (χ3v) is 4.67. The zero-order valence-corrected chi connectivity index (χ0v) is 11.3. The molecule has 1 saturated heterocycles. The van der Waals surface area contributed by atoms with Gasteiger partial charge in [0.2, 0.25) is 0 Å². The molecule has 0 aromatic carbocycles. The van der Waals surface area contributed by atoms with E-state index in [9.17, 15) is 0 Å². The van der Waals surface area contributed by atoms with E-state index < -0.39 is 0 Å². The highest BCUT2D eigenvalue weighted by molar-refractivity contribution is 7.10. The number of aryl methyl sites for hydroxylation is 1. The second-order valence-corrected chi connectivity index (χ2v) is 5.99. The van der Waals surface area contributed by atoms with Crippen molar-refractivity contribution >= 4 is 11.3 Å². The molecule has 1 fully saturated rings. The molecule has 16 heavy (non-hydrogen) atoms. The van der Waals surface area contributed by atoms with Crippen LogP contribution in [0.4, 0.5) is 0 Å². The number of nitrogens with zero attached hydrogens (tertiary/aromatic N) is 1. The van der Waals surface area contributed by atoms with E-state index in [-0.39, 0.29) is 0 Å². The van der Waals surface area contributed by atoms with Crippen molar-refractivity contribution in [3.05, 3.63) is 21.9 Å². The second kappa shape index (κ2) is 5.30. The quantitative estimate of drug-likeness (QED) is 0.867. The Morgan fingerprint density at radius 2 is 2.38 bits per heavy atom. The Balaban J connectivity index is 2.08. The van der Waals surface area contributed by atoms with Gasteiger partial charge in [0.25, 0.3) is 0 Å². The Labute approximate surface area is 103 Å². The van der Waals surface area contributed by atoms with Gasteiger partial charge in [-0.3, -0.25) is 0 Å². The largest absolute Gasteiger partial charge is 0.316 e. The molecule has 0 amide bonds. The Morgan fingerprint density at radius 3 is 2.88 bits per heavy atom. The minimum Gasteiger partial charge on any atom is -0.316 e. The highest BCUT2D eigenvalue weighted by atomic mass is 32.1. The zero-order chi connectivity index (χ0) is 11.5. The highest BCUT2D eigenvalue weighted by Gasteiger charge is 2.24. The fourth-order valence-electron chi connectivity index (χ4n) is 2.51. The van der Waals surface area contributed by atoms with Gasteiger partial charge in [0.15, 0.2) is 0 Å². The van der Waals surface area contributed by atoms with Gasteiger partial charge in [-0.2, -0.15) is 0 Å². The van der Waals surface area contributed by atoms with Crippen molar-refractivity contribution in [2.24, 2.45) is 5.92 Å². The van der Waals surface area contributed by atoms with E-state index in [4.69, 9.17) is 0 Å². The van der Waals surface area contributed by atoms with Crippen LogP contribution in [0.2, 0.25) is 0 Å².